The van der Waals surface area contributed by atoms with Gasteiger partial charge in [-0.1, -0.05) is 6.07 Å². The second-order valence-electron chi connectivity index (χ2n) is 5.20. The van der Waals surface area contributed by atoms with Gasteiger partial charge in [0.2, 0.25) is 0 Å². The van der Waals surface area contributed by atoms with Gasteiger partial charge in [0.25, 0.3) is 0 Å². The number of thiazole rings is 1. The Bertz CT molecular complexity index is 523. The SMILES string of the molecule is Cc1cnc(C2CCCN(Cc3ccccn3)C2)s1. The van der Waals surface area contributed by atoms with Gasteiger partial charge in [-0.25, -0.2) is 4.98 Å². The lowest BCUT2D eigenvalue weighted by molar-refractivity contribution is 0.198. The fraction of sp³-hybridized carbons (Fsp3) is 0.467. The van der Waals surface area contributed by atoms with Crippen LogP contribution in [0.15, 0.2) is 30.6 Å². The number of hydrogen-bond donors (Lipinski definition) is 0. The molecule has 4 heteroatoms. The van der Waals surface area contributed by atoms with Gasteiger partial charge in [-0.2, -0.15) is 0 Å². The third-order valence-electron chi connectivity index (χ3n) is 3.61. The van der Waals surface area contributed by atoms with Crippen molar-refractivity contribution in [3.63, 3.8) is 0 Å². The summed E-state index contributed by atoms with van der Waals surface area (Å²) in [6.07, 6.45) is 6.40. The minimum Gasteiger partial charge on any atom is -0.297 e. The molecule has 1 fully saturated rings. The second-order valence-corrected chi connectivity index (χ2v) is 6.47. The van der Waals surface area contributed by atoms with Crippen molar-refractivity contribution in [2.24, 2.45) is 0 Å². The minimum atomic E-state index is 0.608. The van der Waals surface area contributed by atoms with Crippen molar-refractivity contribution in [3.05, 3.63) is 46.2 Å². The number of aryl methyl sites for hydroxylation is 1. The summed E-state index contributed by atoms with van der Waals surface area (Å²) in [6, 6.07) is 6.14. The Kier molecular flexibility index (Phi) is 3.89. The maximum Gasteiger partial charge on any atom is 0.0971 e. The smallest absolute Gasteiger partial charge is 0.0971 e. The molecule has 2 aromatic rings. The first-order valence-electron chi connectivity index (χ1n) is 6.86. The highest BCUT2D eigenvalue weighted by atomic mass is 32.1. The molecule has 3 heterocycles. The van der Waals surface area contributed by atoms with Gasteiger partial charge in [-0.15, -0.1) is 11.3 Å². The number of nitrogens with zero attached hydrogens (tertiary/aromatic N) is 3. The van der Waals surface area contributed by atoms with E-state index in [9.17, 15) is 0 Å². The molecule has 1 saturated heterocycles. The summed E-state index contributed by atoms with van der Waals surface area (Å²) in [5, 5.41) is 1.31. The van der Waals surface area contributed by atoms with Crippen LogP contribution in [0.2, 0.25) is 0 Å². The Morgan fingerprint density at radius 1 is 1.37 bits per heavy atom. The van der Waals surface area contributed by atoms with Gasteiger partial charge >= 0.3 is 0 Å². The fourth-order valence-electron chi connectivity index (χ4n) is 2.68. The van der Waals surface area contributed by atoms with Crippen molar-refractivity contribution in [3.8, 4) is 0 Å². The second kappa shape index (κ2) is 5.80. The normalized spacial score (nSPS) is 20.6. The zero-order valence-electron chi connectivity index (χ0n) is 11.2. The third-order valence-corrected chi connectivity index (χ3v) is 4.68. The molecule has 0 bridgehead atoms. The lowest BCUT2D eigenvalue weighted by Crippen LogP contribution is -2.34. The molecule has 0 aliphatic carbocycles. The number of pyridine rings is 1. The number of piperidine rings is 1. The van der Waals surface area contributed by atoms with Crippen LogP contribution in [0.3, 0.4) is 0 Å². The molecule has 0 N–H and O–H groups in total. The van der Waals surface area contributed by atoms with E-state index in [1.807, 2.05) is 29.8 Å². The maximum atomic E-state index is 4.56. The van der Waals surface area contributed by atoms with E-state index in [2.05, 4.69) is 33.9 Å². The Hall–Kier alpha value is -1.26. The van der Waals surface area contributed by atoms with E-state index in [1.54, 1.807) is 0 Å². The molecule has 1 atom stereocenters. The van der Waals surface area contributed by atoms with E-state index < -0.39 is 0 Å². The van der Waals surface area contributed by atoms with Gasteiger partial charge in [-0.3, -0.25) is 9.88 Å². The molecule has 0 radical (unpaired) electrons. The highest BCUT2D eigenvalue weighted by Gasteiger charge is 2.23. The van der Waals surface area contributed by atoms with Crippen molar-refractivity contribution >= 4 is 11.3 Å². The Labute approximate surface area is 118 Å². The van der Waals surface area contributed by atoms with Crippen LogP contribution in [-0.2, 0) is 6.54 Å². The number of hydrogen-bond acceptors (Lipinski definition) is 4. The molecule has 1 unspecified atom stereocenters. The zero-order chi connectivity index (χ0) is 13.1. The summed E-state index contributed by atoms with van der Waals surface area (Å²) < 4.78 is 0. The lowest BCUT2D eigenvalue weighted by Gasteiger charge is -2.31. The fourth-order valence-corrected chi connectivity index (χ4v) is 3.58. The third kappa shape index (κ3) is 3.19. The lowest BCUT2D eigenvalue weighted by atomic mass is 9.98. The molecule has 2 aromatic heterocycles. The van der Waals surface area contributed by atoms with Gasteiger partial charge in [0.15, 0.2) is 0 Å². The predicted molar refractivity (Wildman–Crippen MR) is 78.3 cm³/mol. The zero-order valence-corrected chi connectivity index (χ0v) is 12.1. The van der Waals surface area contributed by atoms with Crippen LogP contribution in [0.4, 0.5) is 0 Å². The van der Waals surface area contributed by atoms with E-state index in [1.165, 1.54) is 35.0 Å². The summed E-state index contributed by atoms with van der Waals surface area (Å²) in [6.45, 7) is 5.39. The van der Waals surface area contributed by atoms with Gasteiger partial charge in [0.1, 0.15) is 0 Å². The Balaban J connectivity index is 1.65. The molecular weight excluding hydrogens is 254 g/mol. The first-order chi connectivity index (χ1) is 9.31. The Morgan fingerprint density at radius 2 is 2.32 bits per heavy atom. The van der Waals surface area contributed by atoms with Crippen molar-refractivity contribution < 1.29 is 0 Å². The number of aromatic nitrogens is 2. The monoisotopic (exact) mass is 273 g/mol. The summed E-state index contributed by atoms with van der Waals surface area (Å²) in [7, 11) is 0. The van der Waals surface area contributed by atoms with Gasteiger partial charge in [-0.05, 0) is 38.4 Å². The van der Waals surface area contributed by atoms with Crippen LogP contribution in [0.25, 0.3) is 0 Å². The van der Waals surface area contributed by atoms with Crippen molar-refractivity contribution in [1.29, 1.82) is 0 Å². The van der Waals surface area contributed by atoms with E-state index in [0.29, 0.717) is 5.92 Å². The molecule has 100 valence electrons. The van der Waals surface area contributed by atoms with Crippen LogP contribution >= 0.6 is 11.3 Å². The van der Waals surface area contributed by atoms with Crippen LogP contribution < -0.4 is 0 Å². The predicted octanol–water partition coefficient (Wildman–Crippen LogP) is 3.23. The average Bonchev–Trinajstić information content (AvgIpc) is 2.87. The van der Waals surface area contributed by atoms with Gasteiger partial charge in [0.05, 0.1) is 10.7 Å². The number of rotatable bonds is 3. The summed E-state index contributed by atoms with van der Waals surface area (Å²) in [4.78, 5) is 12.8. The molecule has 0 amide bonds. The summed E-state index contributed by atoms with van der Waals surface area (Å²) in [5.41, 5.74) is 1.17. The molecule has 3 nitrogen and oxygen atoms in total. The molecule has 0 spiro atoms. The molecule has 1 aliphatic rings. The summed E-state index contributed by atoms with van der Waals surface area (Å²) >= 11 is 1.85. The standard InChI is InChI=1S/C15H19N3S/c1-12-9-17-15(19-12)13-5-4-8-18(10-13)11-14-6-2-3-7-16-14/h2-3,6-7,9,13H,4-5,8,10-11H2,1H3. The van der Waals surface area contributed by atoms with Crippen molar-refractivity contribution in [2.45, 2.75) is 32.2 Å². The van der Waals surface area contributed by atoms with E-state index >= 15 is 0 Å². The molecule has 0 aromatic carbocycles. The summed E-state index contributed by atoms with van der Waals surface area (Å²) in [5.74, 6) is 0.608. The van der Waals surface area contributed by atoms with Crippen molar-refractivity contribution in [1.82, 2.24) is 14.9 Å². The van der Waals surface area contributed by atoms with E-state index in [-0.39, 0.29) is 0 Å². The number of likely N-dealkylation sites (tertiary alicyclic amines) is 1. The molecule has 19 heavy (non-hydrogen) atoms. The molecule has 0 saturated carbocycles. The van der Waals surface area contributed by atoms with E-state index in [0.717, 1.165) is 13.1 Å². The first kappa shape index (κ1) is 12.8. The Morgan fingerprint density at radius 3 is 3.05 bits per heavy atom. The quantitative estimate of drug-likeness (QED) is 0.859. The highest BCUT2D eigenvalue weighted by Crippen LogP contribution is 2.30. The topological polar surface area (TPSA) is 29.0 Å². The van der Waals surface area contributed by atoms with Crippen LogP contribution in [-0.4, -0.2) is 28.0 Å². The maximum absolute atomic E-state index is 4.56. The van der Waals surface area contributed by atoms with E-state index in [4.69, 9.17) is 0 Å². The molecule has 1 aliphatic heterocycles. The molecule has 3 rings (SSSR count). The average molecular weight is 273 g/mol. The van der Waals surface area contributed by atoms with Crippen LogP contribution in [0.5, 0.6) is 0 Å². The van der Waals surface area contributed by atoms with Crippen molar-refractivity contribution in [2.75, 3.05) is 13.1 Å². The van der Waals surface area contributed by atoms with Crippen LogP contribution in [0, 0.1) is 6.92 Å². The minimum absolute atomic E-state index is 0.608. The first-order valence-corrected chi connectivity index (χ1v) is 7.67. The largest absolute Gasteiger partial charge is 0.297 e. The highest BCUT2D eigenvalue weighted by molar-refractivity contribution is 7.11. The van der Waals surface area contributed by atoms with Gasteiger partial charge < -0.3 is 0 Å². The van der Waals surface area contributed by atoms with Gasteiger partial charge in [0, 0.05) is 36.3 Å². The van der Waals surface area contributed by atoms with Crippen LogP contribution in [0.1, 0.15) is 34.3 Å². The molecular formula is C15H19N3S.